The SMILES string of the molecule is Cc1ccc(C(=O)N=c2sc3cccc(Cl)c3n2C)cc1C. The summed E-state index contributed by atoms with van der Waals surface area (Å²) in [6, 6.07) is 11.4. The van der Waals surface area contributed by atoms with E-state index in [4.69, 9.17) is 11.6 Å². The molecule has 1 amide bonds. The largest absolute Gasteiger partial charge is 0.318 e. The van der Waals surface area contributed by atoms with E-state index in [1.54, 1.807) is 0 Å². The fraction of sp³-hybridized carbons (Fsp3) is 0.176. The van der Waals surface area contributed by atoms with Crippen molar-refractivity contribution in [1.29, 1.82) is 0 Å². The number of para-hydroxylation sites is 1. The maximum atomic E-state index is 12.4. The van der Waals surface area contributed by atoms with Crippen LogP contribution in [0.1, 0.15) is 21.5 Å². The van der Waals surface area contributed by atoms with E-state index in [0.717, 1.165) is 21.3 Å². The molecule has 2 aromatic carbocycles. The highest BCUT2D eigenvalue weighted by molar-refractivity contribution is 7.16. The highest BCUT2D eigenvalue weighted by atomic mass is 35.5. The summed E-state index contributed by atoms with van der Waals surface area (Å²) in [4.78, 5) is 17.3. The van der Waals surface area contributed by atoms with Gasteiger partial charge in [-0.1, -0.05) is 35.1 Å². The van der Waals surface area contributed by atoms with E-state index < -0.39 is 0 Å². The molecule has 3 aromatic rings. The van der Waals surface area contributed by atoms with Crippen LogP contribution in [0.3, 0.4) is 0 Å². The Balaban J connectivity index is 2.12. The van der Waals surface area contributed by atoms with Crippen LogP contribution in [0.15, 0.2) is 41.4 Å². The number of thiazole rings is 1. The van der Waals surface area contributed by atoms with Crippen molar-refractivity contribution in [3.8, 4) is 0 Å². The summed E-state index contributed by atoms with van der Waals surface area (Å²) in [7, 11) is 1.87. The van der Waals surface area contributed by atoms with Crippen LogP contribution in [0.2, 0.25) is 5.02 Å². The zero-order valence-corrected chi connectivity index (χ0v) is 14.1. The molecule has 0 bridgehead atoms. The molecule has 0 fully saturated rings. The quantitative estimate of drug-likeness (QED) is 0.656. The zero-order chi connectivity index (χ0) is 15.9. The van der Waals surface area contributed by atoms with Crippen molar-refractivity contribution in [2.24, 2.45) is 12.0 Å². The number of fused-ring (bicyclic) bond motifs is 1. The van der Waals surface area contributed by atoms with Gasteiger partial charge in [0.05, 0.1) is 15.2 Å². The molecule has 22 heavy (non-hydrogen) atoms. The molecule has 5 heteroatoms. The molecule has 0 aliphatic heterocycles. The van der Waals surface area contributed by atoms with E-state index in [9.17, 15) is 4.79 Å². The van der Waals surface area contributed by atoms with Gasteiger partial charge >= 0.3 is 0 Å². The number of carbonyl (C=O) groups excluding carboxylic acids is 1. The van der Waals surface area contributed by atoms with Gasteiger partial charge in [-0.15, -0.1) is 0 Å². The normalized spacial score (nSPS) is 12.1. The second-order valence-electron chi connectivity index (χ2n) is 5.25. The van der Waals surface area contributed by atoms with Gasteiger partial charge in [-0.05, 0) is 49.2 Å². The molecule has 1 aromatic heterocycles. The Morgan fingerprint density at radius 2 is 1.95 bits per heavy atom. The van der Waals surface area contributed by atoms with Crippen LogP contribution in [0, 0.1) is 13.8 Å². The number of amides is 1. The van der Waals surface area contributed by atoms with Crippen molar-refractivity contribution in [3.05, 3.63) is 62.9 Å². The Kier molecular flexibility index (Phi) is 3.89. The lowest BCUT2D eigenvalue weighted by atomic mass is 10.1. The molecule has 0 aliphatic rings. The third kappa shape index (κ3) is 2.60. The van der Waals surface area contributed by atoms with E-state index in [1.165, 1.54) is 11.3 Å². The summed E-state index contributed by atoms with van der Waals surface area (Å²) < 4.78 is 2.88. The molecule has 3 nitrogen and oxygen atoms in total. The molecule has 0 saturated heterocycles. The molecule has 0 radical (unpaired) electrons. The van der Waals surface area contributed by atoms with Crippen molar-refractivity contribution in [2.75, 3.05) is 0 Å². The highest BCUT2D eigenvalue weighted by Crippen LogP contribution is 2.24. The van der Waals surface area contributed by atoms with Crippen LogP contribution in [-0.4, -0.2) is 10.5 Å². The minimum Gasteiger partial charge on any atom is -0.318 e. The van der Waals surface area contributed by atoms with Gasteiger partial charge in [-0.25, -0.2) is 0 Å². The minimum atomic E-state index is -0.235. The van der Waals surface area contributed by atoms with Gasteiger partial charge in [0.15, 0.2) is 4.80 Å². The van der Waals surface area contributed by atoms with Crippen LogP contribution in [-0.2, 0) is 7.05 Å². The van der Waals surface area contributed by atoms with E-state index in [2.05, 4.69) is 4.99 Å². The fourth-order valence-corrected chi connectivity index (χ4v) is 3.69. The Labute approximate surface area is 137 Å². The lowest BCUT2D eigenvalue weighted by molar-refractivity contribution is 0.0998. The van der Waals surface area contributed by atoms with Crippen LogP contribution in [0.5, 0.6) is 0 Å². The predicted octanol–water partition coefficient (Wildman–Crippen LogP) is 4.25. The van der Waals surface area contributed by atoms with Crippen LogP contribution < -0.4 is 4.80 Å². The molecule has 0 atom stereocenters. The lowest BCUT2D eigenvalue weighted by Crippen LogP contribution is -2.13. The van der Waals surface area contributed by atoms with Crippen molar-refractivity contribution in [1.82, 2.24) is 4.57 Å². The standard InChI is InChI=1S/C17H15ClN2OS/c1-10-7-8-12(9-11(10)2)16(21)19-17-20(3)15-13(18)5-4-6-14(15)22-17/h4-9H,1-3H3. The number of benzene rings is 2. The maximum Gasteiger partial charge on any atom is 0.279 e. The van der Waals surface area contributed by atoms with Crippen molar-refractivity contribution in [3.63, 3.8) is 0 Å². The monoisotopic (exact) mass is 330 g/mol. The van der Waals surface area contributed by atoms with Crippen LogP contribution in [0.25, 0.3) is 10.2 Å². The highest BCUT2D eigenvalue weighted by Gasteiger charge is 2.09. The van der Waals surface area contributed by atoms with E-state index in [-0.39, 0.29) is 5.91 Å². The number of aryl methyl sites for hydroxylation is 3. The third-order valence-corrected chi connectivity index (χ3v) is 5.13. The molecular weight excluding hydrogens is 316 g/mol. The van der Waals surface area contributed by atoms with Crippen molar-refractivity contribution < 1.29 is 4.79 Å². The summed E-state index contributed by atoms with van der Waals surface area (Å²) in [6.07, 6.45) is 0. The maximum absolute atomic E-state index is 12.4. The van der Waals surface area contributed by atoms with Crippen molar-refractivity contribution >= 4 is 39.1 Å². The molecule has 0 aliphatic carbocycles. The van der Waals surface area contributed by atoms with Gasteiger partial charge in [0.25, 0.3) is 5.91 Å². The lowest BCUT2D eigenvalue weighted by Gasteiger charge is -2.01. The number of carbonyl (C=O) groups is 1. The predicted molar refractivity (Wildman–Crippen MR) is 91.6 cm³/mol. The fourth-order valence-electron chi connectivity index (χ4n) is 2.29. The summed E-state index contributed by atoms with van der Waals surface area (Å²) >= 11 is 7.69. The minimum absolute atomic E-state index is 0.235. The summed E-state index contributed by atoms with van der Waals surface area (Å²) in [6.45, 7) is 4.01. The first-order chi connectivity index (χ1) is 10.5. The van der Waals surface area contributed by atoms with Crippen LogP contribution >= 0.6 is 22.9 Å². The summed E-state index contributed by atoms with van der Waals surface area (Å²) in [5.74, 6) is -0.235. The van der Waals surface area contributed by atoms with E-state index in [0.29, 0.717) is 15.4 Å². The molecule has 1 heterocycles. The second-order valence-corrected chi connectivity index (χ2v) is 6.66. The second kappa shape index (κ2) is 5.71. The molecule has 0 N–H and O–H groups in total. The summed E-state index contributed by atoms with van der Waals surface area (Å²) in [5, 5.41) is 0.663. The summed E-state index contributed by atoms with van der Waals surface area (Å²) in [5.41, 5.74) is 3.76. The Morgan fingerprint density at radius 3 is 2.64 bits per heavy atom. The smallest absolute Gasteiger partial charge is 0.279 e. The number of halogens is 1. The zero-order valence-electron chi connectivity index (χ0n) is 12.6. The molecule has 112 valence electrons. The number of nitrogens with zero attached hydrogens (tertiary/aromatic N) is 2. The molecule has 3 rings (SSSR count). The molecule has 0 spiro atoms. The van der Waals surface area contributed by atoms with Crippen molar-refractivity contribution in [2.45, 2.75) is 13.8 Å². The first-order valence-corrected chi connectivity index (χ1v) is 8.07. The average Bonchev–Trinajstić information content (AvgIpc) is 2.79. The van der Waals surface area contributed by atoms with Gasteiger partial charge in [-0.3, -0.25) is 4.79 Å². The Hall–Kier alpha value is -1.91. The van der Waals surface area contributed by atoms with Gasteiger partial charge in [-0.2, -0.15) is 4.99 Å². The number of hydrogen-bond acceptors (Lipinski definition) is 2. The third-order valence-electron chi connectivity index (χ3n) is 3.72. The Bertz CT molecular complexity index is 953. The number of aromatic nitrogens is 1. The molecule has 0 saturated carbocycles. The molecular formula is C17H15ClN2OS. The first-order valence-electron chi connectivity index (χ1n) is 6.88. The topological polar surface area (TPSA) is 34.4 Å². The van der Waals surface area contributed by atoms with E-state index in [1.807, 2.05) is 61.9 Å². The Morgan fingerprint density at radius 1 is 1.18 bits per heavy atom. The number of rotatable bonds is 1. The van der Waals surface area contributed by atoms with Gasteiger partial charge in [0.2, 0.25) is 0 Å². The number of hydrogen-bond donors (Lipinski definition) is 0. The van der Waals surface area contributed by atoms with Crippen LogP contribution in [0.4, 0.5) is 0 Å². The van der Waals surface area contributed by atoms with Gasteiger partial charge in [0, 0.05) is 12.6 Å². The van der Waals surface area contributed by atoms with Gasteiger partial charge < -0.3 is 4.57 Å². The van der Waals surface area contributed by atoms with E-state index >= 15 is 0 Å². The van der Waals surface area contributed by atoms with Gasteiger partial charge in [0.1, 0.15) is 0 Å². The molecule has 0 unspecified atom stereocenters. The first kappa shape index (κ1) is 15.0. The average molecular weight is 331 g/mol.